The summed E-state index contributed by atoms with van der Waals surface area (Å²) in [5.74, 6) is 0.763. The van der Waals surface area contributed by atoms with E-state index in [9.17, 15) is 4.79 Å². The van der Waals surface area contributed by atoms with Crippen LogP contribution < -0.4 is 16.0 Å². The second-order valence-corrected chi connectivity index (χ2v) is 5.54. The molecule has 0 radical (unpaired) electrons. The molecule has 0 aromatic heterocycles. The number of carbonyl (C=O) groups is 1. The molecule has 0 saturated heterocycles. The Morgan fingerprint density at radius 3 is 2.42 bits per heavy atom. The first-order chi connectivity index (χ1) is 11.1. The Balaban J connectivity index is 0.00000529. The number of ether oxygens (including phenoxy) is 1. The van der Waals surface area contributed by atoms with E-state index < -0.39 is 0 Å². The SMILES string of the molecule is CN=C(NCCCOC)NCc1ccc(NC(=O)C(C)C)cc1.I. The zero-order valence-electron chi connectivity index (χ0n) is 14.9. The number of nitrogens with zero attached hydrogens (tertiary/aromatic N) is 1. The molecule has 1 aromatic carbocycles. The van der Waals surface area contributed by atoms with Gasteiger partial charge in [-0.05, 0) is 24.1 Å². The molecule has 0 bridgehead atoms. The predicted octanol–water partition coefficient (Wildman–Crippen LogP) is 2.60. The summed E-state index contributed by atoms with van der Waals surface area (Å²) in [4.78, 5) is 15.8. The van der Waals surface area contributed by atoms with Crippen molar-refractivity contribution in [3.8, 4) is 0 Å². The van der Waals surface area contributed by atoms with Gasteiger partial charge in [-0.15, -0.1) is 24.0 Å². The molecule has 0 fully saturated rings. The van der Waals surface area contributed by atoms with Crippen LogP contribution >= 0.6 is 24.0 Å². The van der Waals surface area contributed by atoms with E-state index in [0.29, 0.717) is 6.54 Å². The van der Waals surface area contributed by atoms with E-state index in [1.165, 1.54) is 0 Å². The lowest BCUT2D eigenvalue weighted by Gasteiger charge is -2.12. The molecule has 1 aromatic rings. The Morgan fingerprint density at radius 1 is 1.21 bits per heavy atom. The predicted molar refractivity (Wildman–Crippen MR) is 110 cm³/mol. The van der Waals surface area contributed by atoms with E-state index in [1.807, 2.05) is 38.1 Å². The largest absolute Gasteiger partial charge is 0.385 e. The van der Waals surface area contributed by atoms with E-state index in [1.54, 1.807) is 14.2 Å². The minimum absolute atomic E-state index is 0. The van der Waals surface area contributed by atoms with Crippen molar-refractivity contribution in [2.24, 2.45) is 10.9 Å². The van der Waals surface area contributed by atoms with Crippen LogP contribution in [0.2, 0.25) is 0 Å². The molecule has 1 amide bonds. The van der Waals surface area contributed by atoms with Gasteiger partial charge in [-0.25, -0.2) is 0 Å². The third-order valence-electron chi connectivity index (χ3n) is 3.25. The zero-order chi connectivity index (χ0) is 17.1. The maximum atomic E-state index is 11.6. The molecule has 0 aliphatic heterocycles. The van der Waals surface area contributed by atoms with Crippen LogP contribution in [0.1, 0.15) is 25.8 Å². The standard InChI is InChI=1S/C17H28N4O2.HI/c1-13(2)16(22)21-15-8-6-14(7-9-15)12-20-17(18-3)19-10-5-11-23-4;/h6-9,13H,5,10-12H2,1-4H3,(H,21,22)(H2,18,19,20);1H. The first-order valence-corrected chi connectivity index (χ1v) is 7.90. The van der Waals surface area contributed by atoms with E-state index >= 15 is 0 Å². The number of hydrogen-bond donors (Lipinski definition) is 3. The number of rotatable bonds is 8. The topological polar surface area (TPSA) is 74.8 Å². The van der Waals surface area contributed by atoms with Gasteiger partial charge in [-0.3, -0.25) is 9.79 Å². The fourth-order valence-corrected chi connectivity index (χ4v) is 1.82. The Labute approximate surface area is 161 Å². The van der Waals surface area contributed by atoms with Crippen LogP contribution in [0.3, 0.4) is 0 Å². The van der Waals surface area contributed by atoms with Crippen molar-refractivity contribution in [2.45, 2.75) is 26.8 Å². The Bertz CT molecular complexity index is 504. The van der Waals surface area contributed by atoms with Crippen molar-refractivity contribution < 1.29 is 9.53 Å². The van der Waals surface area contributed by atoms with Crippen LogP contribution in [-0.2, 0) is 16.1 Å². The summed E-state index contributed by atoms with van der Waals surface area (Å²) in [6, 6.07) is 7.79. The molecule has 136 valence electrons. The maximum Gasteiger partial charge on any atom is 0.226 e. The maximum absolute atomic E-state index is 11.6. The minimum atomic E-state index is -0.0242. The molecular weight excluding hydrogens is 419 g/mol. The van der Waals surface area contributed by atoms with E-state index in [2.05, 4.69) is 20.9 Å². The molecule has 0 heterocycles. The summed E-state index contributed by atoms with van der Waals surface area (Å²) >= 11 is 0. The van der Waals surface area contributed by atoms with Gasteiger partial charge in [0.25, 0.3) is 0 Å². The fraction of sp³-hybridized carbons (Fsp3) is 0.529. The monoisotopic (exact) mass is 448 g/mol. The summed E-state index contributed by atoms with van der Waals surface area (Å²) in [6.45, 7) is 5.96. The summed E-state index contributed by atoms with van der Waals surface area (Å²) < 4.78 is 5.01. The van der Waals surface area contributed by atoms with Crippen LogP contribution in [0.4, 0.5) is 5.69 Å². The number of anilines is 1. The third kappa shape index (κ3) is 9.07. The van der Waals surface area contributed by atoms with Crippen molar-refractivity contribution in [1.82, 2.24) is 10.6 Å². The van der Waals surface area contributed by atoms with Crippen molar-refractivity contribution in [2.75, 3.05) is 32.6 Å². The number of nitrogens with one attached hydrogen (secondary N) is 3. The minimum Gasteiger partial charge on any atom is -0.385 e. The number of halogens is 1. The van der Waals surface area contributed by atoms with Gasteiger partial charge in [-0.2, -0.15) is 0 Å². The highest BCUT2D eigenvalue weighted by atomic mass is 127. The molecule has 0 unspecified atom stereocenters. The van der Waals surface area contributed by atoms with E-state index in [0.717, 1.165) is 36.8 Å². The Morgan fingerprint density at radius 2 is 1.88 bits per heavy atom. The van der Waals surface area contributed by atoms with Crippen molar-refractivity contribution in [1.29, 1.82) is 0 Å². The van der Waals surface area contributed by atoms with Gasteiger partial charge in [0, 0.05) is 45.5 Å². The quantitative estimate of drug-likeness (QED) is 0.248. The van der Waals surface area contributed by atoms with Crippen molar-refractivity contribution in [3.63, 3.8) is 0 Å². The van der Waals surface area contributed by atoms with Crippen LogP contribution in [0, 0.1) is 5.92 Å². The summed E-state index contributed by atoms with van der Waals surface area (Å²) in [5, 5.41) is 9.36. The third-order valence-corrected chi connectivity index (χ3v) is 3.25. The molecule has 0 spiro atoms. The first kappa shape index (κ1) is 22.6. The lowest BCUT2D eigenvalue weighted by molar-refractivity contribution is -0.118. The number of hydrogen-bond acceptors (Lipinski definition) is 3. The molecule has 0 atom stereocenters. The number of aliphatic imine (C=N–C) groups is 1. The van der Waals surface area contributed by atoms with Gasteiger partial charge in [-0.1, -0.05) is 26.0 Å². The molecule has 24 heavy (non-hydrogen) atoms. The van der Waals surface area contributed by atoms with Crippen LogP contribution in [0.5, 0.6) is 0 Å². The van der Waals surface area contributed by atoms with Crippen LogP contribution in [0.25, 0.3) is 0 Å². The lowest BCUT2D eigenvalue weighted by Crippen LogP contribution is -2.37. The fourth-order valence-electron chi connectivity index (χ4n) is 1.82. The van der Waals surface area contributed by atoms with Gasteiger partial charge in [0.1, 0.15) is 0 Å². The second-order valence-electron chi connectivity index (χ2n) is 5.54. The second kappa shape index (κ2) is 13.0. The van der Waals surface area contributed by atoms with E-state index in [-0.39, 0.29) is 35.8 Å². The number of benzene rings is 1. The van der Waals surface area contributed by atoms with Gasteiger partial charge in [0.15, 0.2) is 5.96 Å². The van der Waals surface area contributed by atoms with E-state index in [4.69, 9.17) is 4.74 Å². The molecule has 7 heteroatoms. The van der Waals surface area contributed by atoms with Gasteiger partial charge >= 0.3 is 0 Å². The number of amides is 1. The summed E-state index contributed by atoms with van der Waals surface area (Å²) in [6.07, 6.45) is 0.932. The normalized spacial score (nSPS) is 11.0. The highest BCUT2D eigenvalue weighted by Crippen LogP contribution is 2.10. The highest BCUT2D eigenvalue weighted by Gasteiger charge is 2.06. The summed E-state index contributed by atoms with van der Waals surface area (Å²) in [7, 11) is 3.44. The summed E-state index contributed by atoms with van der Waals surface area (Å²) in [5.41, 5.74) is 1.93. The number of methoxy groups -OCH3 is 1. The van der Waals surface area contributed by atoms with Crippen LogP contribution in [0.15, 0.2) is 29.3 Å². The highest BCUT2D eigenvalue weighted by molar-refractivity contribution is 14.0. The zero-order valence-corrected chi connectivity index (χ0v) is 17.2. The molecule has 0 aliphatic carbocycles. The van der Waals surface area contributed by atoms with Crippen molar-refractivity contribution >= 4 is 41.5 Å². The molecule has 1 rings (SSSR count). The lowest BCUT2D eigenvalue weighted by atomic mass is 10.1. The number of guanidine groups is 1. The van der Waals surface area contributed by atoms with Gasteiger partial charge in [0.05, 0.1) is 0 Å². The van der Waals surface area contributed by atoms with Crippen LogP contribution in [-0.4, -0.2) is 39.2 Å². The smallest absolute Gasteiger partial charge is 0.226 e. The average molecular weight is 448 g/mol. The van der Waals surface area contributed by atoms with Gasteiger partial charge in [0.2, 0.25) is 5.91 Å². The average Bonchev–Trinajstić information content (AvgIpc) is 2.55. The Kier molecular flexibility index (Phi) is 12.3. The Hall–Kier alpha value is -1.35. The van der Waals surface area contributed by atoms with Crippen molar-refractivity contribution in [3.05, 3.63) is 29.8 Å². The van der Waals surface area contributed by atoms with Gasteiger partial charge < -0.3 is 20.7 Å². The first-order valence-electron chi connectivity index (χ1n) is 7.90. The number of carbonyl (C=O) groups excluding carboxylic acids is 1. The molecule has 6 nitrogen and oxygen atoms in total. The molecule has 0 saturated carbocycles. The molecule has 3 N–H and O–H groups in total. The molecular formula is C17H29IN4O2. The molecule has 0 aliphatic rings.